The number of halogens is 1. The number of benzene rings is 1. The summed E-state index contributed by atoms with van der Waals surface area (Å²) in [6.07, 6.45) is 1.68. The molecule has 0 amide bonds. The molecule has 0 bridgehead atoms. The topological polar surface area (TPSA) is 61.4 Å². The average Bonchev–Trinajstić information content (AvgIpc) is 2.97. The molecule has 0 unspecified atom stereocenters. The third kappa shape index (κ3) is 2.17. The van der Waals surface area contributed by atoms with Gasteiger partial charge in [-0.2, -0.15) is 9.90 Å². The van der Waals surface area contributed by atoms with Crippen molar-refractivity contribution in [1.29, 1.82) is 0 Å². The summed E-state index contributed by atoms with van der Waals surface area (Å²) in [5, 5.41) is 16.9. The van der Waals surface area contributed by atoms with E-state index < -0.39 is 0 Å². The van der Waals surface area contributed by atoms with Gasteiger partial charge in [-0.05, 0) is 33.3 Å². The van der Waals surface area contributed by atoms with Gasteiger partial charge in [-0.3, -0.25) is 0 Å². The lowest BCUT2D eigenvalue weighted by Gasteiger charge is -2.05. The largest absolute Gasteiger partial charge is 0.226 e. The molecular weight excluding hydrogens is 328 g/mol. The molecule has 8 heteroatoms. The molecule has 2 aromatic heterocycles. The third-order valence-electron chi connectivity index (χ3n) is 2.57. The Balaban J connectivity index is 2.12. The molecule has 0 saturated carbocycles. The molecule has 3 aromatic rings. The molecule has 0 spiro atoms. The van der Waals surface area contributed by atoms with Crippen LogP contribution in [0.5, 0.6) is 0 Å². The maximum absolute atomic E-state index is 4.50. The summed E-state index contributed by atoms with van der Waals surface area (Å²) in [6, 6.07) is 7.78. The van der Waals surface area contributed by atoms with E-state index in [0.29, 0.717) is 10.9 Å². The minimum atomic E-state index is 0.505. The number of hydrogen-bond donors (Lipinski definition) is 1. The van der Waals surface area contributed by atoms with Crippen molar-refractivity contribution in [2.45, 2.75) is 5.03 Å². The lowest BCUT2D eigenvalue weighted by molar-refractivity contribution is 0.630. The smallest absolute Gasteiger partial charge is 0.209 e. The molecule has 0 fully saturated rings. The summed E-state index contributed by atoms with van der Waals surface area (Å²) in [5.74, 6) is 0.505. The van der Waals surface area contributed by atoms with Crippen molar-refractivity contribution in [1.82, 2.24) is 30.0 Å². The molecule has 0 aliphatic heterocycles. The first-order valence-electron chi connectivity index (χ1n) is 5.43. The number of thiol groups is 1. The molecule has 1 aromatic carbocycles. The fraction of sp³-hybridized carbons (Fsp3) is 0.0909. The molecule has 6 nitrogen and oxygen atoms in total. The number of rotatable bonds is 2. The lowest BCUT2D eigenvalue weighted by atomic mass is 10.3. The van der Waals surface area contributed by atoms with E-state index in [2.05, 4.69) is 49.1 Å². The number of aromatic nitrogens is 6. The molecule has 0 N–H and O–H groups in total. The first kappa shape index (κ1) is 12.4. The minimum Gasteiger partial charge on any atom is -0.226 e. The predicted octanol–water partition coefficient (Wildman–Crippen LogP) is 2.11. The van der Waals surface area contributed by atoms with Gasteiger partial charge in [0.2, 0.25) is 5.82 Å². The van der Waals surface area contributed by atoms with Crippen LogP contribution in [0.4, 0.5) is 0 Å². The summed E-state index contributed by atoms with van der Waals surface area (Å²) in [7, 11) is 1.72. The van der Waals surface area contributed by atoms with E-state index in [1.165, 1.54) is 4.80 Å². The van der Waals surface area contributed by atoms with Crippen molar-refractivity contribution in [3.8, 4) is 17.1 Å². The summed E-state index contributed by atoms with van der Waals surface area (Å²) in [6.45, 7) is 0. The molecule has 3 rings (SSSR count). The average molecular weight is 337 g/mol. The normalized spacial score (nSPS) is 10.9. The highest BCUT2D eigenvalue weighted by Crippen LogP contribution is 2.28. The number of aryl methyl sites for hydroxylation is 1. The van der Waals surface area contributed by atoms with Crippen LogP contribution in [0.3, 0.4) is 0 Å². The van der Waals surface area contributed by atoms with Crippen molar-refractivity contribution in [3.63, 3.8) is 0 Å². The van der Waals surface area contributed by atoms with Crippen molar-refractivity contribution in [2.24, 2.45) is 7.05 Å². The van der Waals surface area contributed by atoms with E-state index in [4.69, 9.17) is 0 Å². The number of tetrazole rings is 1. The number of para-hydroxylation sites is 1. The second kappa shape index (κ2) is 4.78. The van der Waals surface area contributed by atoms with E-state index in [9.17, 15) is 0 Å². The Morgan fingerprint density at radius 3 is 2.74 bits per heavy atom. The van der Waals surface area contributed by atoms with Crippen LogP contribution in [0.2, 0.25) is 0 Å². The highest BCUT2D eigenvalue weighted by molar-refractivity contribution is 9.10. The third-order valence-corrected chi connectivity index (χ3v) is 3.67. The molecule has 0 aliphatic carbocycles. The van der Waals surface area contributed by atoms with Crippen LogP contribution in [0.1, 0.15) is 0 Å². The molecule has 0 radical (unpaired) electrons. The van der Waals surface area contributed by atoms with Crippen LogP contribution in [-0.2, 0) is 7.05 Å². The summed E-state index contributed by atoms with van der Waals surface area (Å²) >= 11 is 8.00. The van der Waals surface area contributed by atoms with E-state index in [1.54, 1.807) is 17.9 Å². The molecule has 19 heavy (non-hydrogen) atoms. The first-order chi connectivity index (χ1) is 9.16. The zero-order chi connectivity index (χ0) is 13.4. The van der Waals surface area contributed by atoms with Gasteiger partial charge < -0.3 is 0 Å². The summed E-state index contributed by atoms with van der Waals surface area (Å²) in [4.78, 5) is 1.40. The minimum absolute atomic E-state index is 0.505. The zero-order valence-corrected chi connectivity index (χ0v) is 12.4. The molecule has 0 aliphatic rings. The van der Waals surface area contributed by atoms with Crippen LogP contribution < -0.4 is 0 Å². The van der Waals surface area contributed by atoms with Gasteiger partial charge in [0, 0.05) is 4.47 Å². The Kier molecular flexibility index (Phi) is 3.11. The monoisotopic (exact) mass is 336 g/mol. The fourth-order valence-corrected chi connectivity index (χ4v) is 2.46. The fourth-order valence-electron chi connectivity index (χ4n) is 1.69. The van der Waals surface area contributed by atoms with E-state index in [0.717, 1.165) is 15.7 Å². The first-order valence-corrected chi connectivity index (χ1v) is 6.67. The predicted molar refractivity (Wildman–Crippen MR) is 76.3 cm³/mol. The van der Waals surface area contributed by atoms with Crippen molar-refractivity contribution >= 4 is 28.6 Å². The van der Waals surface area contributed by atoms with Gasteiger partial charge in [-0.1, -0.05) is 12.1 Å². The molecule has 0 saturated heterocycles. The van der Waals surface area contributed by atoms with Crippen LogP contribution in [0.15, 0.2) is 40.0 Å². The van der Waals surface area contributed by atoms with Crippen molar-refractivity contribution in [3.05, 3.63) is 34.9 Å². The Morgan fingerprint density at radius 2 is 2.05 bits per heavy atom. The summed E-state index contributed by atoms with van der Waals surface area (Å²) in [5.41, 5.74) is 1.65. The van der Waals surface area contributed by atoms with E-state index >= 15 is 0 Å². The highest BCUT2D eigenvalue weighted by atomic mass is 79.9. The maximum Gasteiger partial charge on any atom is 0.209 e. The molecule has 2 heterocycles. The van der Waals surface area contributed by atoms with E-state index in [-0.39, 0.29) is 0 Å². The van der Waals surface area contributed by atoms with Crippen LogP contribution in [-0.4, -0.2) is 30.0 Å². The zero-order valence-electron chi connectivity index (χ0n) is 9.90. The van der Waals surface area contributed by atoms with Crippen molar-refractivity contribution < 1.29 is 0 Å². The lowest BCUT2D eigenvalue weighted by Crippen LogP contribution is -1.97. The van der Waals surface area contributed by atoms with Gasteiger partial charge in [-0.25, -0.2) is 4.68 Å². The number of hydrogen-bond acceptors (Lipinski definition) is 5. The van der Waals surface area contributed by atoms with Crippen molar-refractivity contribution in [2.75, 3.05) is 0 Å². The van der Waals surface area contributed by atoms with Gasteiger partial charge in [0.25, 0.3) is 0 Å². The van der Waals surface area contributed by atoms with Gasteiger partial charge in [0.05, 0.1) is 24.5 Å². The van der Waals surface area contributed by atoms with Crippen LogP contribution in [0.25, 0.3) is 17.1 Å². The van der Waals surface area contributed by atoms with Gasteiger partial charge in [-0.15, -0.1) is 22.8 Å². The second-order valence-corrected chi connectivity index (χ2v) is 5.13. The summed E-state index contributed by atoms with van der Waals surface area (Å²) < 4.78 is 2.66. The Morgan fingerprint density at radius 1 is 1.26 bits per heavy atom. The SMILES string of the molecule is Cn1nnc(-c2cnn(-c3ccccc3Br)c2S)n1. The van der Waals surface area contributed by atoms with Gasteiger partial charge >= 0.3 is 0 Å². The van der Waals surface area contributed by atoms with E-state index in [1.807, 2.05) is 24.3 Å². The molecule has 0 atom stereocenters. The Bertz CT molecular complexity index is 734. The van der Waals surface area contributed by atoms with Crippen LogP contribution in [0, 0.1) is 0 Å². The molecule has 96 valence electrons. The quantitative estimate of drug-likeness (QED) is 0.728. The van der Waals surface area contributed by atoms with Crippen LogP contribution >= 0.6 is 28.6 Å². The molecular formula is C11H9BrN6S. The van der Waals surface area contributed by atoms with Gasteiger partial charge in [0.15, 0.2) is 0 Å². The standard InChI is InChI=1S/C11H9BrN6S/c1-17-15-10(14-16-17)7-6-13-18(11(7)19)9-5-3-2-4-8(9)12/h2-6,19H,1H3. The number of nitrogens with zero attached hydrogens (tertiary/aromatic N) is 6. The highest BCUT2D eigenvalue weighted by Gasteiger charge is 2.15. The Labute approximate surface area is 123 Å². The Hall–Kier alpha value is -1.67. The second-order valence-electron chi connectivity index (χ2n) is 3.85. The maximum atomic E-state index is 4.50. The van der Waals surface area contributed by atoms with Gasteiger partial charge in [0.1, 0.15) is 5.03 Å².